The van der Waals surface area contributed by atoms with E-state index < -0.39 is 13.9 Å². The molecule has 0 saturated carbocycles. The Bertz CT molecular complexity index is 1400. The highest BCUT2D eigenvalue weighted by Crippen LogP contribution is 2.38. The van der Waals surface area contributed by atoms with Crippen LogP contribution in [-0.2, 0) is 27.9 Å². The first-order chi connectivity index (χ1) is 31.6. The molecule has 0 radical (unpaired) electrons. The van der Waals surface area contributed by atoms with Gasteiger partial charge in [-0.05, 0) is 103 Å². The Labute approximate surface area is 400 Å². The molecule has 0 aliphatic carbocycles. The van der Waals surface area contributed by atoms with Crippen LogP contribution in [0, 0.1) is 0 Å². The molecule has 0 aliphatic rings. The second-order valence-electron chi connectivity index (χ2n) is 17.8. The summed E-state index contributed by atoms with van der Waals surface area (Å²) in [7, 11) is 1.30. The molecule has 9 heteroatoms. The molecule has 2 atom stereocenters. The molecule has 0 rings (SSSR count). The molecule has 0 spiro atoms. The molecule has 0 saturated heterocycles. The first kappa shape index (κ1) is 62.2. The van der Waals surface area contributed by atoms with E-state index in [1.165, 1.54) is 51.4 Å². The van der Waals surface area contributed by atoms with Gasteiger partial charge in [-0.1, -0.05) is 181 Å². The number of esters is 1. The van der Waals surface area contributed by atoms with Crippen molar-refractivity contribution in [3.05, 3.63) is 109 Å². The number of ether oxygens (including phenoxy) is 2. The standard InChI is InChI=1S/C56H96NO7P/c1-6-8-10-12-14-16-18-20-22-24-26-28-30-32-34-36-38-40-42-44-46-48-51-61-53-55(54-63-65(59,60)62-52-50-57(3,4)5)64-56(58)49-47-45-43-41-39-37-35-33-31-29-27-25-23-21-19-17-15-13-11-9-7-2/h8,10,14,16,19-22,25-28,31-34,38,40,55H,6-7,9,11-13,15,17-18,23-24,29-30,35-37,39,41-54H2,1-5H3/b10-8-,16-14-,21-19-,22-20-,27-25-,28-26-,33-31-,34-32-,40-38-. The molecule has 0 N–H and O–H groups in total. The van der Waals surface area contributed by atoms with Crippen LogP contribution in [0.2, 0.25) is 0 Å². The van der Waals surface area contributed by atoms with Crippen LogP contribution in [0.25, 0.3) is 0 Å². The van der Waals surface area contributed by atoms with Gasteiger partial charge < -0.3 is 27.9 Å². The van der Waals surface area contributed by atoms with Crippen LogP contribution in [0.5, 0.6) is 0 Å². The number of hydrogen-bond acceptors (Lipinski definition) is 7. The molecule has 0 aromatic carbocycles. The van der Waals surface area contributed by atoms with Gasteiger partial charge in [0.15, 0.2) is 0 Å². The van der Waals surface area contributed by atoms with Gasteiger partial charge in [0.1, 0.15) is 19.3 Å². The second kappa shape index (κ2) is 47.6. The third-order valence-electron chi connectivity index (χ3n) is 10.3. The van der Waals surface area contributed by atoms with Gasteiger partial charge in [0, 0.05) is 13.0 Å². The summed E-state index contributed by atoms with van der Waals surface area (Å²) in [5.74, 6) is -0.363. The fraction of sp³-hybridized carbons (Fsp3) is 0.661. The highest BCUT2D eigenvalue weighted by atomic mass is 31.2. The zero-order valence-corrected chi connectivity index (χ0v) is 43.0. The third-order valence-corrected chi connectivity index (χ3v) is 11.3. The van der Waals surface area contributed by atoms with E-state index in [-0.39, 0.29) is 32.2 Å². The van der Waals surface area contributed by atoms with E-state index in [0.29, 0.717) is 17.6 Å². The number of nitrogens with zero attached hydrogens (tertiary/aromatic N) is 1. The second-order valence-corrected chi connectivity index (χ2v) is 19.2. The summed E-state index contributed by atoms with van der Waals surface area (Å²) < 4.78 is 34.7. The number of phosphoric ester groups is 1. The molecular weight excluding hydrogens is 830 g/mol. The van der Waals surface area contributed by atoms with E-state index in [2.05, 4.69) is 123 Å². The van der Waals surface area contributed by atoms with Crippen molar-refractivity contribution in [3.8, 4) is 0 Å². The van der Waals surface area contributed by atoms with Gasteiger partial charge in [0.05, 0.1) is 34.4 Å². The largest absolute Gasteiger partial charge is 0.756 e. The van der Waals surface area contributed by atoms with Crippen molar-refractivity contribution in [1.82, 2.24) is 0 Å². The Morgan fingerprint density at radius 2 is 0.892 bits per heavy atom. The molecule has 2 unspecified atom stereocenters. The Morgan fingerprint density at radius 1 is 0.492 bits per heavy atom. The zero-order valence-electron chi connectivity index (χ0n) is 42.1. The number of quaternary nitrogens is 1. The number of unbranched alkanes of at least 4 members (excludes halogenated alkanes) is 14. The van der Waals surface area contributed by atoms with Gasteiger partial charge in [-0.2, -0.15) is 0 Å². The Morgan fingerprint density at radius 3 is 1.34 bits per heavy atom. The van der Waals surface area contributed by atoms with E-state index in [1.807, 2.05) is 21.1 Å². The number of rotatable bonds is 46. The van der Waals surface area contributed by atoms with Gasteiger partial charge in [0.25, 0.3) is 7.82 Å². The smallest absolute Gasteiger partial charge is 0.306 e. The van der Waals surface area contributed by atoms with Gasteiger partial charge in [-0.15, -0.1) is 0 Å². The van der Waals surface area contributed by atoms with E-state index in [1.54, 1.807) is 0 Å². The molecule has 0 heterocycles. The number of phosphoric acid groups is 1. The van der Waals surface area contributed by atoms with Crippen molar-refractivity contribution in [2.24, 2.45) is 0 Å². The minimum Gasteiger partial charge on any atom is -0.756 e. The highest BCUT2D eigenvalue weighted by Gasteiger charge is 2.20. The van der Waals surface area contributed by atoms with Crippen LogP contribution >= 0.6 is 7.82 Å². The molecule has 372 valence electrons. The maximum absolute atomic E-state index is 12.7. The molecule has 0 amide bonds. The molecule has 0 aliphatic heterocycles. The van der Waals surface area contributed by atoms with Crippen LogP contribution in [-0.4, -0.2) is 70.7 Å². The number of allylic oxidation sites excluding steroid dienone is 18. The molecule has 65 heavy (non-hydrogen) atoms. The van der Waals surface area contributed by atoms with Crippen LogP contribution in [0.4, 0.5) is 0 Å². The van der Waals surface area contributed by atoms with Crippen LogP contribution < -0.4 is 4.89 Å². The van der Waals surface area contributed by atoms with E-state index >= 15 is 0 Å². The minimum absolute atomic E-state index is 0.00967. The number of hydrogen-bond donors (Lipinski definition) is 0. The highest BCUT2D eigenvalue weighted by molar-refractivity contribution is 7.45. The Kier molecular flexibility index (Phi) is 45.6. The van der Waals surface area contributed by atoms with Gasteiger partial charge in [-0.25, -0.2) is 0 Å². The lowest BCUT2D eigenvalue weighted by Crippen LogP contribution is -2.37. The van der Waals surface area contributed by atoms with Crippen molar-refractivity contribution in [3.63, 3.8) is 0 Å². The van der Waals surface area contributed by atoms with E-state index in [0.717, 1.165) is 109 Å². The average Bonchev–Trinajstić information content (AvgIpc) is 3.27. The Balaban J connectivity index is 4.29. The van der Waals surface area contributed by atoms with Crippen molar-refractivity contribution < 1.29 is 37.3 Å². The van der Waals surface area contributed by atoms with E-state index in [4.69, 9.17) is 18.5 Å². The lowest BCUT2D eigenvalue weighted by molar-refractivity contribution is -0.870. The molecule has 0 bridgehead atoms. The van der Waals surface area contributed by atoms with Crippen molar-refractivity contribution in [2.45, 2.75) is 187 Å². The van der Waals surface area contributed by atoms with Crippen molar-refractivity contribution >= 4 is 13.8 Å². The van der Waals surface area contributed by atoms with Crippen molar-refractivity contribution in [1.29, 1.82) is 0 Å². The molecule has 0 aromatic rings. The van der Waals surface area contributed by atoms with Crippen LogP contribution in [0.15, 0.2) is 109 Å². The number of carbonyl (C=O) groups is 1. The monoisotopic (exact) mass is 926 g/mol. The van der Waals surface area contributed by atoms with Crippen molar-refractivity contribution in [2.75, 3.05) is 54.1 Å². The SMILES string of the molecule is CC/C=C\C/C=C\C/C=C\C/C=C\C/C=C\C/C=C\CCCCCOCC(COP(=O)([O-])OCC[N+](C)(C)C)OC(=O)CCCCCCCC/C=C\C/C=C\C/C=C\CCCCCCC. The van der Waals surface area contributed by atoms with Crippen LogP contribution in [0.1, 0.15) is 181 Å². The first-order valence-electron chi connectivity index (χ1n) is 25.6. The zero-order chi connectivity index (χ0) is 47.6. The maximum atomic E-state index is 12.7. The van der Waals surface area contributed by atoms with E-state index in [9.17, 15) is 14.3 Å². The summed E-state index contributed by atoms with van der Waals surface area (Å²) in [6, 6.07) is 0. The fourth-order valence-corrected chi connectivity index (χ4v) is 7.11. The van der Waals surface area contributed by atoms with Gasteiger partial charge >= 0.3 is 5.97 Å². The molecular formula is C56H96NO7P. The Hall–Kier alpha value is -2.84. The lowest BCUT2D eigenvalue weighted by atomic mass is 10.1. The predicted molar refractivity (Wildman–Crippen MR) is 277 cm³/mol. The third kappa shape index (κ3) is 52.0. The minimum atomic E-state index is -4.55. The summed E-state index contributed by atoms with van der Waals surface area (Å²) >= 11 is 0. The molecule has 0 aromatic heterocycles. The van der Waals surface area contributed by atoms with Gasteiger partial charge in [-0.3, -0.25) is 9.36 Å². The normalized spacial score (nSPS) is 14.5. The summed E-state index contributed by atoms with van der Waals surface area (Å²) in [5.41, 5.74) is 0. The topological polar surface area (TPSA) is 94.1 Å². The lowest BCUT2D eigenvalue weighted by Gasteiger charge is -2.28. The first-order valence-corrected chi connectivity index (χ1v) is 27.1. The number of carbonyl (C=O) groups excluding carboxylic acids is 1. The van der Waals surface area contributed by atoms with Crippen LogP contribution in [0.3, 0.4) is 0 Å². The summed E-state index contributed by atoms with van der Waals surface area (Å²) in [6.45, 7) is 5.16. The summed E-state index contributed by atoms with van der Waals surface area (Å²) in [6.07, 6.45) is 66.8. The molecule has 8 nitrogen and oxygen atoms in total. The maximum Gasteiger partial charge on any atom is 0.306 e. The summed E-state index contributed by atoms with van der Waals surface area (Å²) in [5, 5.41) is 0. The fourth-order valence-electron chi connectivity index (χ4n) is 6.38. The quantitative estimate of drug-likeness (QED) is 0.0197. The predicted octanol–water partition coefficient (Wildman–Crippen LogP) is 15.3. The number of likely N-dealkylation sites (N-methyl/N-ethyl adjacent to an activating group) is 1. The average molecular weight is 926 g/mol. The summed E-state index contributed by atoms with van der Waals surface area (Å²) in [4.78, 5) is 25.2. The molecule has 0 fully saturated rings. The van der Waals surface area contributed by atoms with Gasteiger partial charge in [0.2, 0.25) is 0 Å².